The maximum Gasteiger partial charge on any atom is 0.213 e. The van der Waals surface area contributed by atoms with E-state index in [9.17, 15) is 0 Å². The minimum atomic E-state index is 0.0702. The summed E-state index contributed by atoms with van der Waals surface area (Å²) in [7, 11) is 1.58. The number of anilines is 1. The van der Waals surface area contributed by atoms with Crippen molar-refractivity contribution in [3.63, 3.8) is 0 Å². The molecule has 0 spiro atoms. The highest BCUT2D eigenvalue weighted by atomic mass is 32.1. The molecule has 122 valence electrons. The van der Waals surface area contributed by atoms with Gasteiger partial charge in [-0.05, 0) is 43.8 Å². The Hall–Kier alpha value is -2.34. The van der Waals surface area contributed by atoms with Crippen LogP contribution in [0.2, 0.25) is 0 Å². The topological polar surface area (TPSA) is 55.4 Å². The molecule has 1 aromatic heterocycles. The molecule has 0 aliphatic heterocycles. The highest BCUT2D eigenvalue weighted by Crippen LogP contribution is 2.16. The minimum absolute atomic E-state index is 0.0702. The van der Waals surface area contributed by atoms with Crippen LogP contribution in [0.4, 0.5) is 5.69 Å². The zero-order chi connectivity index (χ0) is 16.7. The minimum Gasteiger partial charge on any atom is -0.491 e. The van der Waals surface area contributed by atoms with Gasteiger partial charge in [-0.2, -0.15) is 0 Å². The molecule has 23 heavy (non-hydrogen) atoms. The predicted octanol–water partition coefficient (Wildman–Crippen LogP) is 3.15. The number of ether oxygens (including phenoxy) is 2. The molecule has 2 aromatic rings. The lowest BCUT2D eigenvalue weighted by Gasteiger charge is -2.18. The molecule has 1 atom stereocenters. The van der Waals surface area contributed by atoms with E-state index in [1.807, 2.05) is 44.2 Å². The summed E-state index contributed by atoms with van der Waals surface area (Å²) in [4.78, 5) is 4.12. The number of aryl methyl sites for hydroxylation is 1. The normalized spacial score (nSPS) is 11.4. The van der Waals surface area contributed by atoms with Gasteiger partial charge >= 0.3 is 0 Å². The Bertz CT molecular complexity index is 647. The van der Waals surface area contributed by atoms with E-state index in [2.05, 4.69) is 15.6 Å². The maximum atomic E-state index is 5.80. The van der Waals surface area contributed by atoms with Crippen molar-refractivity contribution in [2.45, 2.75) is 19.9 Å². The van der Waals surface area contributed by atoms with E-state index in [0.717, 1.165) is 17.0 Å². The molecular weight excluding hydrogens is 310 g/mol. The fraction of sp³-hybridized carbons (Fsp3) is 0.294. The zero-order valence-corrected chi connectivity index (χ0v) is 14.3. The van der Waals surface area contributed by atoms with Crippen molar-refractivity contribution in [2.24, 2.45) is 0 Å². The number of pyridine rings is 1. The molecule has 0 fully saturated rings. The van der Waals surface area contributed by atoms with Crippen molar-refractivity contribution in [1.82, 2.24) is 10.3 Å². The van der Waals surface area contributed by atoms with E-state index in [4.69, 9.17) is 21.7 Å². The Morgan fingerprint density at radius 2 is 2.04 bits per heavy atom. The van der Waals surface area contributed by atoms with E-state index < -0.39 is 0 Å². The van der Waals surface area contributed by atoms with Crippen LogP contribution in [0.1, 0.15) is 12.5 Å². The number of thiocarbonyl (C=S) groups is 1. The maximum absolute atomic E-state index is 5.80. The van der Waals surface area contributed by atoms with E-state index in [1.165, 1.54) is 0 Å². The van der Waals surface area contributed by atoms with Crippen LogP contribution in [0, 0.1) is 6.92 Å². The van der Waals surface area contributed by atoms with Crippen molar-refractivity contribution in [3.8, 4) is 11.6 Å². The summed E-state index contributed by atoms with van der Waals surface area (Å²) in [6.07, 6.45) is 1.67. The molecule has 2 rings (SSSR count). The molecule has 6 heteroatoms. The van der Waals surface area contributed by atoms with E-state index >= 15 is 0 Å². The molecule has 0 amide bonds. The summed E-state index contributed by atoms with van der Waals surface area (Å²) in [5.74, 6) is 1.45. The van der Waals surface area contributed by atoms with E-state index in [0.29, 0.717) is 17.6 Å². The Balaban J connectivity index is 1.79. The molecule has 0 saturated carbocycles. The highest BCUT2D eigenvalue weighted by molar-refractivity contribution is 7.80. The SMILES string of the molecule is COc1ccc(NC(=S)NC(C)COc2ccccc2C)cn1. The first kappa shape index (κ1) is 17.0. The number of rotatable bonds is 6. The van der Waals surface area contributed by atoms with Gasteiger partial charge in [-0.3, -0.25) is 0 Å². The van der Waals surface area contributed by atoms with Crippen LogP contribution in [-0.4, -0.2) is 29.9 Å². The largest absolute Gasteiger partial charge is 0.491 e. The number of hydrogen-bond acceptors (Lipinski definition) is 4. The third-order valence-corrected chi connectivity index (χ3v) is 3.38. The fourth-order valence-electron chi connectivity index (χ4n) is 1.94. The van der Waals surface area contributed by atoms with Gasteiger partial charge < -0.3 is 20.1 Å². The molecule has 0 bridgehead atoms. The van der Waals surface area contributed by atoms with E-state index in [1.54, 1.807) is 19.4 Å². The van der Waals surface area contributed by atoms with Gasteiger partial charge in [-0.15, -0.1) is 0 Å². The van der Waals surface area contributed by atoms with Crippen molar-refractivity contribution in [3.05, 3.63) is 48.2 Å². The smallest absolute Gasteiger partial charge is 0.213 e. The van der Waals surface area contributed by atoms with Crippen LogP contribution in [0.25, 0.3) is 0 Å². The number of benzene rings is 1. The average molecular weight is 331 g/mol. The molecule has 2 N–H and O–H groups in total. The molecule has 1 heterocycles. The van der Waals surface area contributed by atoms with Gasteiger partial charge in [-0.1, -0.05) is 18.2 Å². The lowest BCUT2D eigenvalue weighted by atomic mass is 10.2. The summed E-state index contributed by atoms with van der Waals surface area (Å²) >= 11 is 5.29. The van der Waals surface area contributed by atoms with Crippen LogP contribution in [0.15, 0.2) is 42.6 Å². The number of methoxy groups -OCH3 is 1. The molecule has 0 aliphatic carbocycles. The first-order valence-electron chi connectivity index (χ1n) is 7.34. The van der Waals surface area contributed by atoms with Crippen LogP contribution in [0.5, 0.6) is 11.6 Å². The second-order valence-corrected chi connectivity index (χ2v) is 5.57. The second-order valence-electron chi connectivity index (χ2n) is 5.17. The molecule has 0 aliphatic rings. The van der Waals surface area contributed by atoms with Crippen molar-refractivity contribution in [1.29, 1.82) is 0 Å². The summed E-state index contributed by atoms with van der Waals surface area (Å²) in [5.41, 5.74) is 1.92. The van der Waals surface area contributed by atoms with E-state index in [-0.39, 0.29) is 6.04 Å². The quantitative estimate of drug-likeness (QED) is 0.793. The highest BCUT2D eigenvalue weighted by Gasteiger charge is 2.07. The molecule has 5 nitrogen and oxygen atoms in total. The number of hydrogen-bond donors (Lipinski definition) is 2. The Morgan fingerprint density at radius 3 is 2.70 bits per heavy atom. The van der Waals surface area contributed by atoms with Crippen molar-refractivity contribution < 1.29 is 9.47 Å². The van der Waals surface area contributed by atoms with Crippen molar-refractivity contribution >= 4 is 23.0 Å². The fourth-order valence-corrected chi connectivity index (χ4v) is 2.26. The van der Waals surface area contributed by atoms with Crippen LogP contribution in [-0.2, 0) is 0 Å². The van der Waals surface area contributed by atoms with Crippen molar-refractivity contribution in [2.75, 3.05) is 19.0 Å². The Kier molecular flexibility index (Phi) is 6.17. The number of nitrogens with zero attached hydrogens (tertiary/aromatic N) is 1. The predicted molar refractivity (Wildman–Crippen MR) is 96.3 cm³/mol. The zero-order valence-electron chi connectivity index (χ0n) is 13.5. The third-order valence-electron chi connectivity index (χ3n) is 3.16. The van der Waals surface area contributed by atoms with Crippen LogP contribution in [0.3, 0.4) is 0 Å². The van der Waals surface area contributed by atoms with Gasteiger partial charge in [0.25, 0.3) is 0 Å². The molecule has 0 radical (unpaired) electrons. The van der Waals surface area contributed by atoms with Gasteiger partial charge in [0.2, 0.25) is 5.88 Å². The molecule has 1 unspecified atom stereocenters. The third kappa shape index (κ3) is 5.41. The molecular formula is C17H21N3O2S. The number of aromatic nitrogens is 1. The summed E-state index contributed by atoms with van der Waals surface area (Å²) in [6, 6.07) is 11.6. The van der Waals surface area contributed by atoms with Gasteiger partial charge in [0.1, 0.15) is 12.4 Å². The van der Waals surface area contributed by atoms with Gasteiger partial charge in [0.15, 0.2) is 5.11 Å². The lowest BCUT2D eigenvalue weighted by Crippen LogP contribution is -2.39. The molecule has 1 aromatic carbocycles. The average Bonchev–Trinajstić information content (AvgIpc) is 2.54. The first-order valence-corrected chi connectivity index (χ1v) is 7.75. The molecule has 0 saturated heterocycles. The Morgan fingerprint density at radius 1 is 1.26 bits per heavy atom. The van der Waals surface area contributed by atoms with Gasteiger partial charge in [0.05, 0.1) is 25.0 Å². The van der Waals surface area contributed by atoms with Gasteiger partial charge in [-0.25, -0.2) is 4.98 Å². The lowest BCUT2D eigenvalue weighted by molar-refractivity contribution is 0.285. The number of para-hydroxylation sites is 1. The summed E-state index contributed by atoms with van der Waals surface area (Å²) in [5, 5.41) is 6.79. The summed E-state index contributed by atoms with van der Waals surface area (Å²) in [6.45, 7) is 4.56. The Labute approximate surface area is 142 Å². The standard InChI is InChI=1S/C17H21N3O2S/c1-12-6-4-5-7-15(12)22-11-13(2)19-17(23)20-14-8-9-16(21-3)18-10-14/h4-10,13H,11H2,1-3H3,(H2,19,20,23). The monoisotopic (exact) mass is 331 g/mol. The first-order chi connectivity index (χ1) is 11.1. The number of nitrogens with one attached hydrogen (secondary N) is 2. The van der Waals surface area contributed by atoms with Crippen LogP contribution < -0.4 is 20.1 Å². The second kappa shape index (κ2) is 8.33. The van der Waals surface area contributed by atoms with Gasteiger partial charge in [0, 0.05) is 6.07 Å². The van der Waals surface area contributed by atoms with Crippen LogP contribution >= 0.6 is 12.2 Å². The summed E-state index contributed by atoms with van der Waals surface area (Å²) < 4.78 is 10.8.